The highest BCUT2D eigenvalue weighted by Gasteiger charge is 2.24. The molecule has 4 nitrogen and oxygen atoms in total. The molecule has 1 N–H and O–H groups in total. The highest BCUT2D eigenvalue weighted by molar-refractivity contribution is 5.81. The Morgan fingerprint density at radius 1 is 1.37 bits per heavy atom. The number of likely N-dealkylation sites (N-methyl/N-ethyl adjacent to an activating group) is 1. The van der Waals surface area contributed by atoms with E-state index >= 15 is 0 Å². The summed E-state index contributed by atoms with van der Waals surface area (Å²) in [6.45, 7) is 2.12. The Balaban J connectivity index is 1.83. The summed E-state index contributed by atoms with van der Waals surface area (Å²) in [5, 5.41) is 3.18. The van der Waals surface area contributed by atoms with E-state index in [0.717, 1.165) is 25.2 Å². The van der Waals surface area contributed by atoms with Crippen LogP contribution >= 0.6 is 0 Å². The molecule has 1 amide bonds. The number of hydrogen-bond donors (Lipinski definition) is 1. The Labute approximate surface area is 115 Å². The lowest BCUT2D eigenvalue weighted by molar-refractivity contribution is -0.131. The molecule has 0 spiro atoms. The van der Waals surface area contributed by atoms with Crippen molar-refractivity contribution in [3.05, 3.63) is 30.3 Å². The van der Waals surface area contributed by atoms with Gasteiger partial charge in [0.1, 0.15) is 0 Å². The Morgan fingerprint density at radius 2 is 2.11 bits per heavy atom. The van der Waals surface area contributed by atoms with Crippen LogP contribution in [0.1, 0.15) is 12.8 Å². The van der Waals surface area contributed by atoms with Gasteiger partial charge in [-0.3, -0.25) is 4.79 Å². The first kappa shape index (κ1) is 13.9. The van der Waals surface area contributed by atoms with E-state index in [1.54, 1.807) is 0 Å². The standard InChI is InChI=1S/C15H23N3O/c1-17(2)14-9-6-10-18(12-14)15(19)11-16-13-7-4-3-5-8-13/h3-5,7-8,14,16H,6,9-12H2,1-2H3. The lowest BCUT2D eigenvalue weighted by Gasteiger charge is -2.36. The summed E-state index contributed by atoms with van der Waals surface area (Å²) in [6, 6.07) is 10.4. The molecule has 4 heteroatoms. The van der Waals surface area contributed by atoms with Crippen molar-refractivity contribution in [2.75, 3.05) is 39.0 Å². The average Bonchev–Trinajstić information content (AvgIpc) is 2.46. The minimum atomic E-state index is 0.190. The van der Waals surface area contributed by atoms with E-state index in [0.29, 0.717) is 12.6 Å². The third-order valence-electron chi connectivity index (χ3n) is 3.70. The molecule has 1 fully saturated rings. The van der Waals surface area contributed by atoms with E-state index in [1.165, 1.54) is 6.42 Å². The summed E-state index contributed by atoms with van der Waals surface area (Å²) in [7, 11) is 4.17. The first-order valence-corrected chi connectivity index (χ1v) is 6.90. The number of nitrogens with one attached hydrogen (secondary N) is 1. The Hall–Kier alpha value is -1.55. The zero-order chi connectivity index (χ0) is 13.7. The van der Waals surface area contributed by atoms with Crippen molar-refractivity contribution in [2.45, 2.75) is 18.9 Å². The zero-order valence-corrected chi connectivity index (χ0v) is 11.8. The maximum atomic E-state index is 12.2. The van der Waals surface area contributed by atoms with Crippen molar-refractivity contribution in [1.29, 1.82) is 0 Å². The van der Waals surface area contributed by atoms with E-state index in [-0.39, 0.29) is 5.91 Å². The lowest BCUT2D eigenvalue weighted by Crippen LogP contribution is -2.48. The number of nitrogens with zero attached hydrogens (tertiary/aromatic N) is 2. The molecule has 1 aromatic rings. The van der Waals surface area contributed by atoms with Gasteiger partial charge >= 0.3 is 0 Å². The maximum absolute atomic E-state index is 12.2. The van der Waals surface area contributed by atoms with Gasteiger partial charge in [-0.1, -0.05) is 18.2 Å². The van der Waals surface area contributed by atoms with E-state index in [2.05, 4.69) is 24.3 Å². The molecule has 104 valence electrons. The van der Waals surface area contributed by atoms with Crippen LogP contribution in [0.15, 0.2) is 30.3 Å². The van der Waals surface area contributed by atoms with Crippen LogP contribution in [0, 0.1) is 0 Å². The highest BCUT2D eigenvalue weighted by Crippen LogP contribution is 2.14. The number of piperidine rings is 1. The third-order valence-corrected chi connectivity index (χ3v) is 3.70. The van der Waals surface area contributed by atoms with Gasteiger partial charge in [-0.15, -0.1) is 0 Å². The topological polar surface area (TPSA) is 35.6 Å². The fraction of sp³-hybridized carbons (Fsp3) is 0.533. The molecular weight excluding hydrogens is 238 g/mol. The maximum Gasteiger partial charge on any atom is 0.241 e. The average molecular weight is 261 g/mol. The van der Waals surface area contributed by atoms with Crippen molar-refractivity contribution >= 4 is 11.6 Å². The molecular formula is C15H23N3O. The van der Waals surface area contributed by atoms with Crippen LogP contribution in [-0.2, 0) is 4.79 Å². The van der Waals surface area contributed by atoms with Crippen molar-refractivity contribution < 1.29 is 4.79 Å². The first-order valence-electron chi connectivity index (χ1n) is 6.90. The Bertz CT molecular complexity index is 405. The van der Waals surface area contributed by atoms with Gasteiger partial charge in [0.25, 0.3) is 0 Å². The van der Waals surface area contributed by atoms with Crippen LogP contribution in [-0.4, -0.2) is 55.5 Å². The quantitative estimate of drug-likeness (QED) is 0.895. The monoisotopic (exact) mass is 261 g/mol. The van der Waals surface area contributed by atoms with Gasteiger partial charge in [0.15, 0.2) is 0 Å². The number of carbonyl (C=O) groups excluding carboxylic acids is 1. The van der Waals surface area contributed by atoms with Crippen molar-refractivity contribution in [3.8, 4) is 0 Å². The van der Waals surface area contributed by atoms with Crippen LogP contribution < -0.4 is 5.32 Å². The van der Waals surface area contributed by atoms with Crippen LogP contribution in [0.4, 0.5) is 5.69 Å². The van der Waals surface area contributed by atoms with E-state index in [4.69, 9.17) is 0 Å². The molecule has 1 aliphatic heterocycles. The van der Waals surface area contributed by atoms with Crippen molar-refractivity contribution in [1.82, 2.24) is 9.80 Å². The number of carbonyl (C=O) groups is 1. The predicted octanol–water partition coefficient (Wildman–Crippen LogP) is 1.65. The van der Waals surface area contributed by atoms with Gasteiger partial charge in [0.2, 0.25) is 5.91 Å². The number of rotatable bonds is 4. The number of hydrogen-bond acceptors (Lipinski definition) is 3. The van der Waals surface area contributed by atoms with Gasteiger partial charge in [-0.25, -0.2) is 0 Å². The zero-order valence-electron chi connectivity index (χ0n) is 11.8. The smallest absolute Gasteiger partial charge is 0.241 e. The Kier molecular flexibility index (Phi) is 4.80. The molecule has 0 aromatic heterocycles. The van der Waals surface area contributed by atoms with Crippen LogP contribution in [0.5, 0.6) is 0 Å². The summed E-state index contributed by atoms with van der Waals surface area (Å²) in [5.41, 5.74) is 0.997. The number of para-hydroxylation sites is 1. The molecule has 1 aromatic carbocycles. The minimum absolute atomic E-state index is 0.190. The highest BCUT2D eigenvalue weighted by atomic mass is 16.2. The number of benzene rings is 1. The van der Waals surface area contributed by atoms with Gasteiger partial charge in [0.05, 0.1) is 6.54 Å². The van der Waals surface area contributed by atoms with E-state index in [1.807, 2.05) is 35.2 Å². The molecule has 1 atom stereocenters. The summed E-state index contributed by atoms with van der Waals surface area (Å²) in [6.07, 6.45) is 2.28. The second-order valence-electron chi connectivity index (χ2n) is 5.32. The number of anilines is 1. The molecule has 1 unspecified atom stereocenters. The molecule has 2 rings (SSSR count). The summed E-state index contributed by atoms with van der Waals surface area (Å²) >= 11 is 0. The van der Waals surface area contributed by atoms with Gasteiger partial charge in [-0.05, 0) is 39.1 Å². The van der Waals surface area contributed by atoms with Crippen LogP contribution in [0.2, 0.25) is 0 Å². The SMILES string of the molecule is CN(C)C1CCCN(C(=O)CNc2ccccc2)C1. The first-order chi connectivity index (χ1) is 9.16. The summed E-state index contributed by atoms with van der Waals surface area (Å²) in [5.74, 6) is 0.190. The third kappa shape index (κ3) is 3.96. The molecule has 0 radical (unpaired) electrons. The fourth-order valence-electron chi connectivity index (χ4n) is 2.45. The summed E-state index contributed by atoms with van der Waals surface area (Å²) < 4.78 is 0. The summed E-state index contributed by atoms with van der Waals surface area (Å²) in [4.78, 5) is 16.4. The lowest BCUT2D eigenvalue weighted by atomic mass is 10.0. The van der Waals surface area contributed by atoms with E-state index in [9.17, 15) is 4.79 Å². The molecule has 0 bridgehead atoms. The predicted molar refractivity (Wildman–Crippen MR) is 78.2 cm³/mol. The number of likely N-dealkylation sites (tertiary alicyclic amines) is 1. The molecule has 1 aliphatic rings. The fourth-order valence-corrected chi connectivity index (χ4v) is 2.45. The largest absolute Gasteiger partial charge is 0.376 e. The molecule has 19 heavy (non-hydrogen) atoms. The van der Waals surface area contributed by atoms with E-state index < -0.39 is 0 Å². The van der Waals surface area contributed by atoms with Gasteiger partial charge in [0, 0.05) is 24.8 Å². The second-order valence-corrected chi connectivity index (χ2v) is 5.32. The Morgan fingerprint density at radius 3 is 2.79 bits per heavy atom. The van der Waals surface area contributed by atoms with Crippen molar-refractivity contribution in [2.24, 2.45) is 0 Å². The second kappa shape index (κ2) is 6.57. The minimum Gasteiger partial charge on any atom is -0.376 e. The molecule has 1 saturated heterocycles. The van der Waals surface area contributed by atoms with Crippen LogP contribution in [0.25, 0.3) is 0 Å². The van der Waals surface area contributed by atoms with Gasteiger partial charge in [-0.2, -0.15) is 0 Å². The molecule has 1 heterocycles. The van der Waals surface area contributed by atoms with Crippen LogP contribution in [0.3, 0.4) is 0 Å². The molecule has 0 aliphatic carbocycles. The molecule has 0 saturated carbocycles. The van der Waals surface area contributed by atoms with Crippen molar-refractivity contribution in [3.63, 3.8) is 0 Å². The number of amides is 1. The van der Waals surface area contributed by atoms with Gasteiger partial charge < -0.3 is 15.1 Å². The normalized spacial score (nSPS) is 19.5.